The van der Waals surface area contributed by atoms with E-state index in [1.807, 2.05) is 0 Å². The van der Waals surface area contributed by atoms with E-state index in [0.717, 1.165) is 12.0 Å². The van der Waals surface area contributed by atoms with Crippen molar-refractivity contribution in [2.45, 2.75) is 12.5 Å². The van der Waals surface area contributed by atoms with E-state index < -0.39 is 6.10 Å². The molecule has 98 valence electrons. The molecule has 1 fully saturated rings. The van der Waals surface area contributed by atoms with Crippen molar-refractivity contribution < 1.29 is 14.6 Å². The Balaban J connectivity index is 1.82. The van der Waals surface area contributed by atoms with Crippen molar-refractivity contribution in [3.63, 3.8) is 0 Å². The van der Waals surface area contributed by atoms with Gasteiger partial charge in [-0.15, -0.1) is 0 Å². The molecule has 4 nitrogen and oxygen atoms in total. The summed E-state index contributed by atoms with van der Waals surface area (Å²) < 4.78 is 5.14. The van der Waals surface area contributed by atoms with E-state index in [1.165, 1.54) is 0 Å². The highest BCUT2D eigenvalue weighted by atomic mass is 35.5. The first-order valence-corrected chi connectivity index (χ1v) is 6.33. The third kappa shape index (κ3) is 3.45. The first-order valence-electron chi connectivity index (χ1n) is 5.96. The fourth-order valence-corrected chi connectivity index (χ4v) is 2.01. The van der Waals surface area contributed by atoms with Gasteiger partial charge < -0.3 is 15.2 Å². The SMILES string of the molecule is O=C(NCC(O)c1ccc(Cl)cc1)C1CCOC1. The molecule has 5 heteroatoms. The van der Waals surface area contributed by atoms with Crippen molar-refractivity contribution in [3.05, 3.63) is 34.9 Å². The number of hydrogen-bond donors (Lipinski definition) is 2. The van der Waals surface area contributed by atoms with Crippen molar-refractivity contribution in [2.75, 3.05) is 19.8 Å². The zero-order chi connectivity index (χ0) is 13.0. The average molecular weight is 270 g/mol. The Labute approximate surface area is 111 Å². The number of benzene rings is 1. The minimum absolute atomic E-state index is 0.0551. The van der Waals surface area contributed by atoms with Gasteiger partial charge in [0.05, 0.1) is 18.6 Å². The Hall–Kier alpha value is -1.10. The molecule has 1 aliphatic heterocycles. The number of aliphatic hydroxyl groups excluding tert-OH is 1. The van der Waals surface area contributed by atoms with E-state index in [2.05, 4.69) is 5.32 Å². The van der Waals surface area contributed by atoms with Crippen molar-refractivity contribution >= 4 is 17.5 Å². The molecule has 1 aromatic carbocycles. The van der Waals surface area contributed by atoms with E-state index in [1.54, 1.807) is 24.3 Å². The molecule has 0 bridgehead atoms. The predicted molar refractivity (Wildman–Crippen MR) is 68.3 cm³/mol. The largest absolute Gasteiger partial charge is 0.387 e. The lowest BCUT2D eigenvalue weighted by Crippen LogP contribution is -2.34. The molecule has 2 atom stereocenters. The number of aliphatic hydroxyl groups is 1. The Morgan fingerprint density at radius 2 is 2.22 bits per heavy atom. The van der Waals surface area contributed by atoms with Crippen LogP contribution in [0, 0.1) is 5.92 Å². The molecular weight excluding hydrogens is 254 g/mol. The number of ether oxygens (including phenoxy) is 1. The van der Waals surface area contributed by atoms with Gasteiger partial charge in [-0.25, -0.2) is 0 Å². The second-order valence-electron chi connectivity index (χ2n) is 4.37. The average Bonchev–Trinajstić information content (AvgIpc) is 2.90. The third-order valence-electron chi connectivity index (χ3n) is 3.02. The topological polar surface area (TPSA) is 58.6 Å². The monoisotopic (exact) mass is 269 g/mol. The van der Waals surface area contributed by atoms with E-state index in [0.29, 0.717) is 18.2 Å². The number of carbonyl (C=O) groups is 1. The van der Waals surface area contributed by atoms with Crippen LogP contribution in [0.5, 0.6) is 0 Å². The van der Waals surface area contributed by atoms with Gasteiger partial charge in [0.1, 0.15) is 0 Å². The zero-order valence-electron chi connectivity index (χ0n) is 9.93. The van der Waals surface area contributed by atoms with Crippen LogP contribution in [0.25, 0.3) is 0 Å². The molecule has 0 aliphatic carbocycles. The van der Waals surface area contributed by atoms with E-state index in [9.17, 15) is 9.90 Å². The third-order valence-corrected chi connectivity index (χ3v) is 3.28. The molecule has 18 heavy (non-hydrogen) atoms. The summed E-state index contributed by atoms with van der Waals surface area (Å²) in [7, 11) is 0. The summed E-state index contributed by atoms with van der Waals surface area (Å²) >= 11 is 5.76. The fraction of sp³-hybridized carbons (Fsp3) is 0.462. The van der Waals surface area contributed by atoms with Crippen molar-refractivity contribution in [3.8, 4) is 0 Å². The van der Waals surface area contributed by atoms with Gasteiger partial charge in [-0.2, -0.15) is 0 Å². The number of nitrogens with one attached hydrogen (secondary N) is 1. The summed E-state index contributed by atoms with van der Waals surface area (Å²) in [6, 6.07) is 6.93. The minimum Gasteiger partial charge on any atom is -0.387 e. The van der Waals surface area contributed by atoms with Crippen LogP contribution >= 0.6 is 11.6 Å². The second kappa shape index (κ2) is 6.18. The first kappa shape index (κ1) is 13.3. The van der Waals surface area contributed by atoms with Crippen LogP contribution < -0.4 is 5.32 Å². The summed E-state index contributed by atoms with van der Waals surface area (Å²) in [6.45, 7) is 1.32. The summed E-state index contributed by atoms with van der Waals surface area (Å²) in [5.74, 6) is -0.136. The lowest BCUT2D eigenvalue weighted by Gasteiger charge is -2.14. The maximum absolute atomic E-state index is 11.7. The smallest absolute Gasteiger partial charge is 0.225 e. The van der Waals surface area contributed by atoms with Gasteiger partial charge in [-0.1, -0.05) is 23.7 Å². The van der Waals surface area contributed by atoms with Crippen LogP contribution in [-0.4, -0.2) is 30.8 Å². The summed E-state index contributed by atoms with van der Waals surface area (Å²) in [5.41, 5.74) is 0.738. The zero-order valence-corrected chi connectivity index (χ0v) is 10.7. The summed E-state index contributed by atoms with van der Waals surface area (Å²) in [4.78, 5) is 11.7. The fourth-order valence-electron chi connectivity index (χ4n) is 1.89. The van der Waals surface area contributed by atoms with Gasteiger partial charge >= 0.3 is 0 Å². The van der Waals surface area contributed by atoms with E-state index in [4.69, 9.17) is 16.3 Å². The van der Waals surface area contributed by atoms with Crippen molar-refractivity contribution in [2.24, 2.45) is 5.92 Å². The maximum Gasteiger partial charge on any atom is 0.225 e. The van der Waals surface area contributed by atoms with Crippen molar-refractivity contribution in [1.82, 2.24) is 5.32 Å². The number of halogens is 1. The number of hydrogen-bond acceptors (Lipinski definition) is 3. The molecular formula is C13H16ClNO3. The lowest BCUT2D eigenvalue weighted by molar-refractivity contribution is -0.125. The molecule has 1 amide bonds. The predicted octanol–water partition coefficient (Wildman–Crippen LogP) is 1.53. The molecule has 2 N–H and O–H groups in total. The highest BCUT2D eigenvalue weighted by Gasteiger charge is 2.23. The van der Waals surface area contributed by atoms with Crippen LogP contribution in [0.4, 0.5) is 0 Å². The number of rotatable bonds is 4. The quantitative estimate of drug-likeness (QED) is 0.871. The molecule has 1 heterocycles. The standard InChI is InChI=1S/C13H16ClNO3/c14-11-3-1-9(2-4-11)12(16)7-15-13(17)10-5-6-18-8-10/h1-4,10,12,16H,5-8H2,(H,15,17). The second-order valence-corrected chi connectivity index (χ2v) is 4.81. The van der Waals surface area contributed by atoms with Crippen LogP contribution in [-0.2, 0) is 9.53 Å². The van der Waals surface area contributed by atoms with Gasteiger partial charge in [0.2, 0.25) is 5.91 Å². The van der Waals surface area contributed by atoms with E-state index in [-0.39, 0.29) is 18.4 Å². The first-order chi connectivity index (χ1) is 8.66. The molecule has 2 rings (SSSR count). The Morgan fingerprint density at radius 1 is 1.50 bits per heavy atom. The van der Waals surface area contributed by atoms with Crippen molar-refractivity contribution in [1.29, 1.82) is 0 Å². The maximum atomic E-state index is 11.7. The summed E-state index contributed by atoms with van der Waals surface area (Å²) in [5, 5.41) is 13.3. The van der Waals surface area contributed by atoms with Crippen LogP contribution in [0.3, 0.4) is 0 Å². The van der Waals surface area contributed by atoms with Crippen LogP contribution in [0.2, 0.25) is 5.02 Å². The number of amides is 1. The normalized spacial score (nSPS) is 20.7. The molecule has 0 saturated carbocycles. The van der Waals surface area contributed by atoms with Crippen LogP contribution in [0.15, 0.2) is 24.3 Å². The molecule has 0 spiro atoms. The molecule has 1 aliphatic rings. The van der Waals surface area contributed by atoms with Gasteiger partial charge in [0, 0.05) is 18.2 Å². The molecule has 1 saturated heterocycles. The molecule has 1 aromatic rings. The van der Waals surface area contributed by atoms with Gasteiger partial charge in [0.15, 0.2) is 0 Å². The Bertz CT molecular complexity index is 401. The van der Waals surface area contributed by atoms with Gasteiger partial charge in [-0.05, 0) is 24.1 Å². The minimum atomic E-state index is -0.714. The highest BCUT2D eigenvalue weighted by Crippen LogP contribution is 2.16. The molecule has 0 radical (unpaired) electrons. The highest BCUT2D eigenvalue weighted by molar-refractivity contribution is 6.30. The lowest BCUT2D eigenvalue weighted by atomic mass is 10.1. The Kier molecular flexibility index (Phi) is 4.58. The Morgan fingerprint density at radius 3 is 2.83 bits per heavy atom. The van der Waals surface area contributed by atoms with Crippen LogP contribution in [0.1, 0.15) is 18.1 Å². The van der Waals surface area contributed by atoms with Gasteiger partial charge in [0.25, 0.3) is 0 Å². The van der Waals surface area contributed by atoms with Gasteiger partial charge in [-0.3, -0.25) is 4.79 Å². The number of carbonyl (C=O) groups excluding carboxylic acids is 1. The molecule has 2 unspecified atom stereocenters. The van der Waals surface area contributed by atoms with E-state index >= 15 is 0 Å². The molecule has 0 aromatic heterocycles. The summed E-state index contributed by atoms with van der Waals surface area (Å²) in [6.07, 6.45) is 0.0385.